The van der Waals surface area contributed by atoms with Gasteiger partial charge in [0.15, 0.2) is 0 Å². The van der Waals surface area contributed by atoms with Gasteiger partial charge in [-0.15, -0.1) is 0 Å². The topological polar surface area (TPSA) is 29.9 Å². The average molecular weight is 355 g/mol. The number of benzene rings is 3. The summed E-state index contributed by atoms with van der Waals surface area (Å²) >= 11 is 1.78. The first-order valence-corrected chi connectivity index (χ1v) is 9.40. The van der Waals surface area contributed by atoms with Gasteiger partial charge >= 0.3 is 0 Å². The van der Waals surface area contributed by atoms with Crippen LogP contribution in [0.15, 0.2) is 88.7 Å². The fraction of sp³-hybridized carbons (Fsp3) is 0.0455. The second-order valence-corrected chi connectivity index (χ2v) is 7.42. The summed E-state index contributed by atoms with van der Waals surface area (Å²) in [5.41, 5.74) is 5.55. The zero-order valence-corrected chi connectivity index (χ0v) is 15.1. The first kappa shape index (κ1) is 15.3. The Morgan fingerprint density at radius 1 is 0.885 bits per heavy atom. The van der Waals surface area contributed by atoms with E-state index in [0.717, 1.165) is 33.3 Å². The molecule has 3 aromatic carbocycles. The fourth-order valence-corrected chi connectivity index (χ4v) is 4.32. The van der Waals surface area contributed by atoms with Gasteiger partial charge in [-0.05, 0) is 36.8 Å². The van der Waals surface area contributed by atoms with Gasteiger partial charge < -0.3 is 5.32 Å². The van der Waals surface area contributed by atoms with Gasteiger partial charge in [0.2, 0.25) is 0 Å². The highest BCUT2D eigenvalue weighted by Gasteiger charge is 2.26. The summed E-state index contributed by atoms with van der Waals surface area (Å²) in [5, 5.41) is 8.59. The van der Waals surface area contributed by atoms with E-state index in [1.807, 2.05) is 10.7 Å². The van der Waals surface area contributed by atoms with Gasteiger partial charge in [-0.1, -0.05) is 66.4 Å². The van der Waals surface area contributed by atoms with Crippen LogP contribution in [-0.2, 0) is 0 Å². The van der Waals surface area contributed by atoms with Crippen LogP contribution in [0.5, 0.6) is 0 Å². The van der Waals surface area contributed by atoms with Crippen LogP contribution in [0.3, 0.4) is 0 Å². The molecule has 0 aliphatic carbocycles. The monoisotopic (exact) mass is 355 g/mol. The Balaban J connectivity index is 1.74. The van der Waals surface area contributed by atoms with Crippen molar-refractivity contribution in [1.82, 2.24) is 9.78 Å². The Bertz CT molecular complexity index is 1100. The molecule has 5 rings (SSSR count). The quantitative estimate of drug-likeness (QED) is 0.418. The third-order valence-electron chi connectivity index (χ3n) is 4.49. The van der Waals surface area contributed by atoms with Crippen molar-refractivity contribution in [2.24, 2.45) is 0 Å². The molecule has 3 nitrogen and oxygen atoms in total. The Kier molecular flexibility index (Phi) is 3.57. The lowest BCUT2D eigenvalue weighted by atomic mass is 10.1. The van der Waals surface area contributed by atoms with Gasteiger partial charge in [0, 0.05) is 10.5 Å². The van der Waals surface area contributed by atoms with Crippen molar-refractivity contribution in [3.05, 3.63) is 84.4 Å². The number of anilines is 2. The molecule has 1 aromatic heterocycles. The minimum Gasteiger partial charge on any atom is -0.338 e. The number of rotatable bonds is 2. The van der Waals surface area contributed by atoms with Gasteiger partial charge in [-0.25, -0.2) is 4.68 Å². The average Bonchev–Trinajstić information content (AvgIpc) is 3.05. The van der Waals surface area contributed by atoms with Crippen molar-refractivity contribution < 1.29 is 0 Å². The van der Waals surface area contributed by atoms with Crippen LogP contribution in [0.25, 0.3) is 16.9 Å². The summed E-state index contributed by atoms with van der Waals surface area (Å²) in [5.74, 6) is 1.03. The van der Waals surface area contributed by atoms with Crippen LogP contribution in [0.4, 0.5) is 11.5 Å². The molecule has 0 amide bonds. The molecule has 0 unspecified atom stereocenters. The maximum Gasteiger partial charge on any atom is 0.149 e. The van der Waals surface area contributed by atoms with E-state index in [4.69, 9.17) is 5.10 Å². The lowest BCUT2D eigenvalue weighted by molar-refractivity contribution is 0.888. The third-order valence-corrected chi connectivity index (χ3v) is 5.65. The van der Waals surface area contributed by atoms with Crippen molar-refractivity contribution in [2.75, 3.05) is 5.32 Å². The highest BCUT2D eigenvalue weighted by molar-refractivity contribution is 7.99. The Morgan fingerprint density at radius 3 is 2.54 bits per heavy atom. The van der Waals surface area contributed by atoms with E-state index in [0.29, 0.717) is 0 Å². The highest BCUT2D eigenvalue weighted by atomic mass is 32.2. The van der Waals surface area contributed by atoms with E-state index < -0.39 is 0 Å². The highest BCUT2D eigenvalue weighted by Crippen LogP contribution is 2.48. The summed E-state index contributed by atoms with van der Waals surface area (Å²) in [4.78, 5) is 2.39. The van der Waals surface area contributed by atoms with E-state index in [9.17, 15) is 0 Å². The first-order chi connectivity index (χ1) is 12.8. The standard InChI is InChI=1S/C22H17N3S/c1-15-8-7-11-17(14-15)25-22-21(20(24-25)16-9-3-2-4-10-16)26-19-13-6-5-12-18(19)23-22/h2-14,23H,1H3. The Morgan fingerprint density at radius 2 is 1.69 bits per heavy atom. The minimum atomic E-state index is 1.01. The maximum atomic E-state index is 4.99. The molecular formula is C22H17N3S. The summed E-state index contributed by atoms with van der Waals surface area (Å²) in [6.07, 6.45) is 0. The minimum absolute atomic E-state index is 1.01. The third kappa shape index (κ3) is 2.50. The molecule has 1 aliphatic heterocycles. The van der Waals surface area contributed by atoms with Gasteiger partial charge in [0.25, 0.3) is 0 Å². The molecule has 0 radical (unpaired) electrons. The number of nitrogens with one attached hydrogen (secondary N) is 1. The molecule has 0 atom stereocenters. The van der Waals surface area contributed by atoms with Gasteiger partial charge in [0.1, 0.15) is 11.5 Å². The van der Waals surface area contributed by atoms with Gasteiger partial charge in [-0.2, -0.15) is 5.10 Å². The fourth-order valence-electron chi connectivity index (χ4n) is 3.24. The van der Waals surface area contributed by atoms with Crippen LogP contribution in [0.1, 0.15) is 5.56 Å². The SMILES string of the molecule is Cc1cccc(-n2nc(-c3ccccc3)c3c2Nc2ccccc2S3)c1. The van der Waals surface area contributed by atoms with Crippen molar-refractivity contribution in [2.45, 2.75) is 16.7 Å². The molecule has 126 valence electrons. The van der Waals surface area contributed by atoms with Crippen LogP contribution in [0, 0.1) is 6.92 Å². The normalized spacial score (nSPS) is 12.2. The summed E-state index contributed by atoms with van der Waals surface area (Å²) in [6, 6.07) is 27.2. The van der Waals surface area contributed by atoms with E-state index in [1.54, 1.807) is 11.8 Å². The molecular weight excluding hydrogens is 338 g/mol. The molecule has 1 N–H and O–H groups in total. The van der Waals surface area contributed by atoms with E-state index in [2.05, 4.69) is 85.0 Å². The van der Waals surface area contributed by atoms with Crippen molar-refractivity contribution in [1.29, 1.82) is 0 Å². The molecule has 4 aromatic rings. The molecule has 0 fully saturated rings. The van der Waals surface area contributed by atoms with Crippen LogP contribution < -0.4 is 5.32 Å². The number of aromatic nitrogens is 2. The molecule has 2 heterocycles. The number of aryl methyl sites for hydroxylation is 1. The largest absolute Gasteiger partial charge is 0.338 e. The number of nitrogens with zero attached hydrogens (tertiary/aromatic N) is 2. The molecule has 0 saturated carbocycles. The van der Waals surface area contributed by atoms with E-state index >= 15 is 0 Å². The number of fused-ring (bicyclic) bond motifs is 2. The second-order valence-electron chi connectivity index (χ2n) is 6.37. The second kappa shape index (κ2) is 6.07. The predicted molar refractivity (Wildman–Crippen MR) is 108 cm³/mol. The maximum absolute atomic E-state index is 4.99. The zero-order chi connectivity index (χ0) is 17.5. The van der Waals surface area contributed by atoms with E-state index in [-0.39, 0.29) is 0 Å². The lowest BCUT2D eigenvalue weighted by Gasteiger charge is -2.19. The molecule has 4 heteroatoms. The summed E-state index contributed by atoms with van der Waals surface area (Å²) in [7, 11) is 0. The smallest absolute Gasteiger partial charge is 0.149 e. The van der Waals surface area contributed by atoms with Crippen LogP contribution in [-0.4, -0.2) is 9.78 Å². The van der Waals surface area contributed by atoms with Crippen LogP contribution in [0.2, 0.25) is 0 Å². The number of hydrogen-bond donors (Lipinski definition) is 1. The van der Waals surface area contributed by atoms with Crippen molar-refractivity contribution in [3.63, 3.8) is 0 Å². The first-order valence-electron chi connectivity index (χ1n) is 8.59. The molecule has 0 saturated heterocycles. The van der Waals surface area contributed by atoms with Gasteiger partial charge in [0.05, 0.1) is 16.3 Å². The zero-order valence-electron chi connectivity index (χ0n) is 14.3. The molecule has 0 bridgehead atoms. The number of hydrogen-bond acceptors (Lipinski definition) is 3. The molecule has 0 spiro atoms. The van der Waals surface area contributed by atoms with E-state index in [1.165, 1.54) is 10.5 Å². The lowest BCUT2D eigenvalue weighted by Crippen LogP contribution is -2.05. The predicted octanol–water partition coefficient (Wildman–Crippen LogP) is 6.06. The molecule has 26 heavy (non-hydrogen) atoms. The summed E-state index contributed by atoms with van der Waals surface area (Å²) in [6.45, 7) is 2.11. The van der Waals surface area contributed by atoms with Crippen LogP contribution >= 0.6 is 11.8 Å². The van der Waals surface area contributed by atoms with Crippen molar-refractivity contribution in [3.8, 4) is 16.9 Å². The number of para-hydroxylation sites is 1. The van der Waals surface area contributed by atoms with Gasteiger partial charge in [-0.3, -0.25) is 0 Å². The Labute approximate surface area is 156 Å². The Hall–Kier alpha value is -2.98. The van der Waals surface area contributed by atoms with Crippen molar-refractivity contribution >= 4 is 23.3 Å². The summed E-state index contributed by atoms with van der Waals surface area (Å²) < 4.78 is 2.02. The molecule has 1 aliphatic rings.